The molecule has 5 rings (SSSR count). The van der Waals surface area contributed by atoms with Crippen molar-refractivity contribution in [3.05, 3.63) is 52.2 Å². The van der Waals surface area contributed by atoms with E-state index in [4.69, 9.17) is 24.8 Å². The Morgan fingerprint density at radius 3 is 2.72 bits per heavy atom. The molecule has 12 nitrogen and oxygen atoms in total. The van der Waals surface area contributed by atoms with Crippen LogP contribution in [-0.4, -0.2) is 77.5 Å². The predicted octanol–water partition coefficient (Wildman–Crippen LogP) is 1.66. The summed E-state index contributed by atoms with van der Waals surface area (Å²) in [5, 5.41) is 7.83. The van der Waals surface area contributed by atoms with E-state index in [0.717, 1.165) is 35.3 Å². The minimum atomic E-state index is -0.879. The van der Waals surface area contributed by atoms with Crippen LogP contribution in [0.25, 0.3) is 0 Å². The number of nitrogens with zero attached hydrogens (tertiary/aromatic N) is 3. The second-order valence-corrected chi connectivity index (χ2v) is 10.8. The van der Waals surface area contributed by atoms with Gasteiger partial charge in [-0.3, -0.25) is 14.5 Å². The average Bonchev–Trinajstić information content (AvgIpc) is 3.64. The summed E-state index contributed by atoms with van der Waals surface area (Å²) in [7, 11) is 2.88. The molecule has 2 fully saturated rings. The number of benzene rings is 1. The first-order valence-corrected chi connectivity index (χ1v) is 14.1. The number of nitrogens with one attached hydrogen (secondary N) is 1. The van der Waals surface area contributed by atoms with Gasteiger partial charge in [-0.1, -0.05) is 17.3 Å². The molecule has 3 aliphatic rings. The first-order valence-electron chi connectivity index (χ1n) is 12.1. The van der Waals surface area contributed by atoms with Gasteiger partial charge in [0.15, 0.2) is 10.8 Å². The lowest BCUT2D eigenvalue weighted by molar-refractivity contribution is -0.153. The van der Waals surface area contributed by atoms with Gasteiger partial charge in [-0.2, -0.15) is 0 Å². The molecule has 4 heterocycles. The number of rotatable bonds is 9. The third-order valence-electron chi connectivity index (χ3n) is 6.49. The maximum absolute atomic E-state index is 13.4. The van der Waals surface area contributed by atoms with Crippen LogP contribution in [-0.2, 0) is 35.3 Å². The van der Waals surface area contributed by atoms with Crippen LogP contribution >= 0.6 is 23.1 Å². The van der Waals surface area contributed by atoms with Gasteiger partial charge in [0.1, 0.15) is 42.3 Å². The van der Waals surface area contributed by atoms with Gasteiger partial charge < -0.3 is 30.1 Å². The number of ether oxygens (including phenoxy) is 3. The van der Waals surface area contributed by atoms with E-state index >= 15 is 0 Å². The van der Waals surface area contributed by atoms with Crippen LogP contribution in [0.5, 0.6) is 5.75 Å². The van der Waals surface area contributed by atoms with Crippen molar-refractivity contribution >= 4 is 51.7 Å². The first kappa shape index (κ1) is 27.0. The fourth-order valence-corrected chi connectivity index (χ4v) is 6.53. The summed E-state index contributed by atoms with van der Waals surface area (Å²) in [6, 6.07) is 6.28. The second kappa shape index (κ2) is 11.6. The highest BCUT2D eigenvalue weighted by atomic mass is 32.2. The summed E-state index contributed by atoms with van der Waals surface area (Å²) in [5.74, 6) is -0.531. The van der Waals surface area contributed by atoms with E-state index in [0.29, 0.717) is 18.1 Å². The maximum Gasteiger partial charge on any atom is 0.355 e. The molecule has 0 unspecified atom stereocenters. The minimum absolute atomic E-state index is 0.0265. The maximum atomic E-state index is 13.4. The molecule has 0 bridgehead atoms. The van der Waals surface area contributed by atoms with Crippen molar-refractivity contribution in [3.63, 3.8) is 0 Å². The van der Waals surface area contributed by atoms with E-state index < -0.39 is 29.2 Å². The monoisotopic (exact) mass is 573 g/mol. The summed E-state index contributed by atoms with van der Waals surface area (Å²) in [5.41, 5.74) is 7.52. The van der Waals surface area contributed by atoms with Crippen LogP contribution in [0.1, 0.15) is 24.1 Å². The molecule has 1 aromatic heterocycles. The topological polar surface area (TPSA) is 155 Å². The number of methoxy groups -OCH3 is 1. The lowest BCUT2D eigenvalue weighted by Gasteiger charge is -2.50. The van der Waals surface area contributed by atoms with Crippen molar-refractivity contribution in [1.82, 2.24) is 15.2 Å². The fraction of sp³-hybridized carbons (Fsp3) is 0.400. The molecule has 0 saturated carbocycles. The minimum Gasteiger partial charge on any atom is -0.497 e. The van der Waals surface area contributed by atoms with Crippen molar-refractivity contribution in [2.75, 3.05) is 32.3 Å². The number of fused-ring (bicyclic) bond motifs is 1. The number of nitrogen functional groups attached to an aromatic ring is 1. The van der Waals surface area contributed by atoms with Gasteiger partial charge in [0.2, 0.25) is 0 Å². The summed E-state index contributed by atoms with van der Waals surface area (Å²) in [6.07, 6.45) is 1.36. The lowest BCUT2D eigenvalue weighted by Crippen LogP contribution is -2.71. The third kappa shape index (κ3) is 5.44. The Hall–Kier alpha value is -3.62. The number of hydrogen-bond donors (Lipinski definition) is 2. The Labute approximate surface area is 232 Å². The van der Waals surface area contributed by atoms with Crippen LogP contribution in [0, 0.1) is 0 Å². The molecule has 3 N–H and O–H groups in total. The number of nitrogens with two attached hydrogens (primary N) is 1. The average molecular weight is 574 g/mol. The summed E-state index contributed by atoms with van der Waals surface area (Å²) >= 11 is 2.60. The molecule has 39 heavy (non-hydrogen) atoms. The Bertz CT molecular complexity index is 1320. The Morgan fingerprint density at radius 2 is 2.08 bits per heavy atom. The highest BCUT2D eigenvalue weighted by Gasteiger charge is 2.55. The first-order chi connectivity index (χ1) is 18.9. The van der Waals surface area contributed by atoms with E-state index in [1.807, 2.05) is 0 Å². The molecular formula is C25H27N5O7S2. The molecule has 1 aromatic carbocycles. The molecule has 0 spiro atoms. The zero-order chi connectivity index (χ0) is 27.5. The van der Waals surface area contributed by atoms with Crippen LogP contribution < -0.4 is 15.8 Å². The van der Waals surface area contributed by atoms with E-state index in [1.165, 1.54) is 23.8 Å². The molecule has 14 heteroatoms. The number of amides is 2. The Morgan fingerprint density at radius 1 is 1.28 bits per heavy atom. The normalized spacial score (nSPS) is 22.7. The molecule has 3 aliphatic heterocycles. The van der Waals surface area contributed by atoms with Gasteiger partial charge in [-0.05, 0) is 36.1 Å². The third-order valence-corrected chi connectivity index (χ3v) is 8.46. The van der Waals surface area contributed by atoms with Gasteiger partial charge >= 0.3 is 5.97 Å². The Balaban J connectivity index is 1.33. The van der Waals surface area contributed by atoms with E-state index in [1.54, 1.807) is 36.8 Å². The molecule has 3 atom stereocenters. The van der Waals surface area contributed by atoms with E-state index in [2.05, 4.69) is 15.5 Å². The van der Waals surface area contributed by atoms with Gasteiger partial charge in [0, 0.05) is 17.7 Å². The van der Waals surface area contributed by atoms with Crippen LogP contribution in [0.4, 0.5) is 5.13 Å². The van der Waals surface area contributed by atoms with Gasteiger partial charge in [0.05, 0.1) is 13.2 Å². The van der Waals surface area contributed by atoms with Crippen molar-refractivity contribution in [1.29, 1.82) is 0 Å². The van der Waals surface area contributed by atoms with Crippen molar-refractivity contribution in [2.45, 2.75) is 37.0 Å². The molecule has 206 valence electrons. The zero-order valence-corrected chi connectivity index (χ0v) is 22.9. The fourth-order valence-electron chi connectivity index (χ4n) is 4.57. The van der Waals surface area contributed by atoms with Gasteiger partial charge in [-0.15, -0.1) is 23.1 Å². The highest BCUT2D eigenvalue weighted by molar-refractivity contribution is 8.00. The summed E-state index contributed by atoms with van der Waals surface area (Å²) < 4.78 is 16.7. The molecule has 2 amide bonds. The molecule has 2 saturated heterocycles. The number of aromatic nitrogens is 1. The number of β-lactam (4-membered cyclic amide) rings is 1. The quantitative estimate of drug-likeness (QED) is 0.196. The predicted molar refractivity (Wildman–Crippen MR) is 144 cm³/mol. The van der Waals surface area contributed by atoms with E-state index in [-0.39, 0.29) is 34.9 Å². The summed E-state index contributed by atoms with van der Waals surface area (Å²) in [4.78, 5) is 50.1. The SMILES string of the molecule is CON=C(C(=O)N[C@@H]1C(=O)N2C(C(=O)OCc3ccc(OC)cc3)=C([C@@H]3CCCO3)CS[C@H]12)c1csc(N)n1. The number of hydrogen-bond acceptors (Lipinski definition) is 12. The smallest absolute Gasteiger partial charge is 0.355 e. The highest BCUT2D eigenvalue weighted by Crippen LogP contribution is 2.43. The van der Waals surface area contributed by atoms with Crippen molar-refractivity contribution in [2.24, 2.45) is 5.16 Å². The van der Waals surface area contributed by atoms with Crippen molar-refractivity contribution < 1.29 is 33.4 Å². The number of thiazole rings is 1. The van der Waals surface area contributed by atoms with Gasteiger partial charge in [-0.25, -0.2) is 9.78 Å². The van der Waals surface area contributed by atoms with Crippen LogP contribution in [0.2, 0.25) is 0 Å². The number of carbonyl (C=O) groups is 3. The number of thioether (sulfide) groups is 1. The van der Waals surface area contributed by atoms with E-state index in [9.17, 15) is 14.4 Å². The molecule has 2 aromatic rings. The number of esters is 1. The number of carbonyl (C=O) groups excluding carboxylic acids is 3. The van der Waals surface area contributed by atoms with Gasteiger partial charge in [0.25, 0.3) is 11.8 Å². The standard InChI is InChI=1S/C25H27N5O7S2/c1-34-14-7-5-13(6-8-14)10-37-24(33)20-15(17-4-3-9-36-17)11-38-23-19(22(32)30(20)23)28-21(31)18(29-35-2)16-12-39-25(26)27-16/h5-8,12,17,19,23H,3-4,9-11H2,1-2H3,(H2,26,27)(H,28,31)/t17-,19+,23+/m0/s1. The second-order valence-electron chi connectivity index (χ2n) is 8.85. The van der Waals surface area contributed by atoms with Crippen LogP contribution in [0.3, 0.4) is 0 Å². The molecule has 0 aliphatic carbocycles. The Kier molecular flexibility index (Phi) is 8.04. The van der Waals surface area contributed by atoms with Crippen LogP contribution in [0.15, 0.2) is 46.1 Å². The lowest BCUT2D eigenvalue weighted by atomic mass is 9.99. The summed E-state index contributed by atoms with van der Waals surface area (Å²) in [6.45, 7) is 0.616. The zero-order valence-electron chi connectivity index (χ0n) is 21.2. The molecular weight excluding hydrogens is 546 g/mol. The van der Waals surface area contributed by atoms with Crippen molar-refractivity contribution in [3.8, 4) is 5.75 Å². The largest absolute Gasteiger partial charge is 0.497 e. The number of anilines is 1. The number of oxime groups is 1. The molecule has 0 radical (unpaired) electrons.